The Bertz CT molecular complexity index is 556. The lowest BCUT2D eigenvalue weighted by atomic mass is 10.2. The standard InChI is InChI=1S/C11H16N2O5S/c1-8(14)13-9-3-4-11(10(12)7-9)18-5-2-6-19(15,16)17/h3-4,7H,2,5-6,12H2,1H3,(H,13,14)(H,15,16,17). The van der Waals surface area contributed by atoms with Crippen LogP contribution in [0.3, 0.4) is 0 Å². The molecule has 1 aromatic carbocycles. The average molecular weight is 288 g/mol. The first kappa shape index (κ1) is 15.3. The van der Waals surface area contributed by atoms with Gasteiger partial charge >= 0.3 is 0 Å². The number of carbonyl (C=O) groups is 1. The Kier molecular flexibility index (Phi) is 5.13. The van der Waals surface area contributed by atoms with Crippen molar-refractivity contribution in [2.24, 2.45) is 0 Å². The molecule has 7 nitrogen and oxygen atoms in total. The molecule has 0 aromatic heterocycles. The minimum atomic E-state index is -3.97. The molecule has 106 valence electrons. The molecule has 1 amide bonds. The number of benzene rings is 1. The van der Waals surface area contributed by atoms with E-state index in [0.717, 1.165) is 0 Å². The molecule has 0 bridgehead atoms. The summed E-state index contributed by atoms with van der Waals surface area (Å²) in [7, 11) is -3.97. The summed E-state index contributed by atoms with van der Waals surface area (Å²) >= 11 is 0. The van der Waals surface area contributed by atoms with Crippen molar-refractivity contribution in [3.63, 3.8) is 0 Å². The molecule has 0 atom stereocenters. The van der Waals surface area contributed by atoms with E-state index in [9.17, 15) is 13.2 Å². The van der Waals surface area contributed by atoms with E-state index >= 15 is 0 Å². The molecule has 0 aliphatic heterocycles. The van der Waals surface area contributed by atoms with Gasteiger partial charge in [0.1, 0.15) is 5.75 Å². The number of amides is 1. The molecule has 1 aromatic rings. The molecule has 0 saturated carbocycles. The Balaban J connectivity index is 2.53. The average Bonchev–Trinajstić information content (AvgIpc) is 2.24. The van der Waals surface area contributed by atoms with Gasteiger partial charge in [-0.05, 0) is 24.6 Å². The Morgan fingerprint density at radius 3 is 2.68 bits per heavy atom. The van der Waals surface area contributed by atoms with Crippen LogP contribution in [-0.4, -0.2) is 31.2 Å². The topological polar surface area (TPSA) is 119 Å². The van der Waals surface area contributed by atoms with E-state index < -0.39 is 10.1 Å². The maximum atomic E-state index is 10.9. The molecule has 0 aliphatic rings. The molecule has 1 rings (SSSR count). The van der Waals surface area contributed by atoms with Crippen LogP contribution in [0.1, 0.15) is 13.3 Å². The van der Waals surface area contributed by atoms with Crippen molar-refractivity contribution in [2.45, 2.75) is 13.3 Å². The van der Waals surface area contributed by atoms with Gasteiger partial charge in [-0.1, -0.05) is 0 Å². The summed E-state index contributed by atoms with van der Waals surface area (Å²) in [5.41, 5.74) is 6.60. The van der Waals surface area contributed by atoms with E-state index in [1.807, 2.05) is 0 Å². The first-order chi connectivity index (χ1) is 8.78. The lowest BCUT2D eigenvalue weighted by Crippen LogP contribution is -2.09. The molecule has 0 radical (unpaired) electrons. The van der Waals surface area contributed by atoms with Crippen molar-refractivity contribution < 1.29 is 22.5 Å². The van der Waals surface area contributed by atoms with Crippen molar-refractivity contribution in [3.8, 4) is 5.75 Å². The van der Waals surface area contributed by atoms with Crippen LogP contribution in [0.25, 0.3) is 0 Å². The van der Waals surface area contributed by atoms with Gasteiger partial charge < -0.3 is 15.8 Å². The Labute approximate surface area is 111 Å². The van der Waals surface area contributed by atoms with Gasteiger partial charge in [0, 0.05) is 12.6 Å². The van der Waals surface area contributed by atoms with Gasteiger partial charge in [0.15, 0.2) is 0 Å². The molecule has 0 saturated heterocycles. The van der Waals surface area contributed by atoms with Crippen LogP contribution in [0.4, 0.5) is 11.4 Å². The van der Waals surface area contributed by atoms with Crippen LogP contribution in [-0.2, 0) is 14.9 Å². The number of nitrogen functional groups attached to an aromatic ring is 1. The fourth-order valence-corrected chi connectivity index (χ4v) is 1.87. The van der Waals surface area contributed by atoms with Crippen molar-refractivity contribution in [3.05, 3.63) is 18.2 Å². The lowest BCUT2D eigenvalue weighted by Gasteiger charge is -2.10. The molecular weight excluding hydrogens is 272 g/mol. The first-order valence-electron chi connectivity index (χ1n) is 5.53. The Morgan fingerprint density at radius 1 is 1.47 bits per heavy atom. The minimum Gasteiger partial charge on any atom is -0.491 e. The Hall–Kier alpha value is -1.80. The lowest BCUT2D eigenvalue weighted by molar-refractivity contribution is -0.114. The van der Waals surface area contributed by atoms with E-state index in [0.29, 0.717) is 17.1 Å². The largest absolute Gasteiger partial charge is 0.491 e. The third-order valence-corrected chi connectivity index (χ3v) is 2.94. The number of nitrogens with one attached hydrogen (secondary N) is 1. The number of hydrogen-bond donors (Lipinski definition) is 3. The highest BCUT2D eigenvalue weighted by Crippen LogP contribution is 2.25. The maximum absolute atomic E-state index is 10.9. The van der Waals surface area contributed by atoms with Crippen LogP contribution < -0.4 is 15.8 Å². The summed E-state index contributed by atoms with van der Waals surface area (Å²) in [6.07, 6.45) is 0.158. The highest BCUT2D eigenvalue weighted by atomic mass is 32.2. The monoisotopic (exact) mass is 288 g/mol. The number of nitrogens with two attached hydrogens (primary N) is 1. The summed E-state index contributed by atoms with van der Waals surface area (Å²) in [6.45, 7) is 1.50. The van der Waals surface area contributed by atoms with Crippen LogP contribution in [0.2, 0.25) is 0 Å². The van der Waals surface area contributed by atoms with Gasteiger partial charge in [0.05, 0.1) is 18.0 Å². The minimum absolute atomic E-state index is 0.115. The molecule has 8 heteroatoms. The van der Waals surface area contributed by atoms with Crippen LogP contribution in [0, 0.1) is 0 Å². The number of hydrogen-bond acceptors (Lipinski definition) is 5. The van der Waals surface area contributed by atoms with Gasteiger partial charge in [0.2, 0.25) is 5.91 Å². The summed E-state index contributed by atoms with van der Waals surface area (Å²) in [5, 5.41) is 2.57. The first-order valence-corrected chi connectivity index (χ1v) is 7.14. The predicted octanol–water partition coefficient (Wildman–Crippen LogP) is 0.884. The third kappa shape index (κ3) is 6.07. The third-order valence-electron chi connectivity index (χ3n) is 2.13. The van der Waals surface area contributed by atoms with E-state index in [1.54, 1.807) is 18.2 Å². The van der Waals surface area contributed by atoms with Crippen molar-refractivity contribution in [2.75, 3.05) is 23.4 Å². The van der Waals surface area contributed by atoms with E-state index in [-0.39, 0.29) is 24.7 Å². The van der Waals surface area contributed by atoms with Crippen molar-refractivity contribution in [1.29, 1.82) is 0 Å². The fraction of sp³-hybridized carbons (Fsp3) is 0.364. The molecule has 19 heavy (non-hydrogen) atoms. The number of anilines is 2. The molecule has 0 heterocycles. The van der Waals surface area contributed by atoms with E-state index in [1.165, 1.54) is 6.92 Å². The van der Waals surface area contributed by atoms with E-state index in [4.69, 9.17) is 15.0 Å². The number of ether oxygens (including phenoxy) is 1. The van der Waals surface area contributed by atoms with Crippen molar-refractivity contribution >= 4 is 27.4 Å². The maximum Gasteiger partial charge on any atom is 0.264 e. The second kappa shape index (κ2) is 6.39. The van der Waals surface area contributed by atoms with Crippen molar-refractivity contribution in [1.82, 2.24) is 0 Å². The van der Waals surface area contributed by atoms with E-state index in [2.05, 4.69) is 5.32 Å². The Morgan fingerprint density at radius 2 is 2.16 bits per heavy atom. The predicted molar refractivity (Wildman–Crippen MR) is 71.7 cm³/mol. The number of rotatable bonds is 6. The van der Waals surface area contributed by atoms with Gasteiger partial charge in [-0.15, -0.1) is 0 Å². The molecule has 0 fully saturated rings. The zero-order valence-electron chi connectivity index (χ0n) is 10.4. The quantitative estimate of drug-likeness (QED) is 0.406. The van der Waals surface area contributed by atoms with Gasteiger partial charge in [-0.3, -0.25) is 9.35 Å². The van der Waals surface area contributed by atoms with Gasteiger partial charge in [-0.25, -0.2) is 0 Å². The highest BCUT2D eigenvalue weighted by Gasteiger charge is 2.06. The highest BCUT2D eigenvalue weighted by molar-refractivity contribution is 7.85. The normalized spacial score (nSPS) is 11.1. The smallest absolute Gasteiger partial charge is 0.264 e. The molecular formula is C11H16N2O5S. The number of carbonyl (C=O) groups excluding carboxylic acids is 1. The van der Waals surface area contributed by atoms with Gasteiger partial charge in [0.25, 0.3) is 10.1 Å². The van der Waals surface area contributed by atoms with Crippen LogP contribution in [0.15, 0.2) is 18.2 Å². The summed E-state index contributed by atoms with van der Waals surface area (Å²) in [6, 6.07) is 4.74. The molecule has 0 aliphatic carbocycles. The second-order valence-corrected chi connectivity index (χ2v) is 5.49. The fourth-order valence-electron chi connectivity index (χ4n) is 1.38. The van der Waals surface area contributed by atoms with Crippen LogP contribution in [0.5, 0.6) is 5.75 Å². The molecule has 4 N–H and O–H groups in total. The summed E-state index contributed by atoms with van der Waals surface area (Å²) in [5.74, 6) is -0.178. The SMILES string of the molecule is CC(=O)Nc1ccc(OCCCS(=O)(=O)O)c(N)c1. The summed E-state index contributed by atoms with van der Waals surface area (Å²) < 4.78 is 34.8. The zero-order valence-corrected chi connectivity index (χ0v) is 11.2. The van der Waals surface area contributed by atoms with Crippen LogP contribution >= 0.6 is 0 Å². The summed E-state index contributed by atoms with van der Waals surface area (Å²) in [4.78, 5) is 10.9. The van der Waals surface area contributed by atoms with Gasteiger partial charge in [-0.2, -0.15) is 8.42 Å². The molecule has 0 unspecified atom stereocenters. The molecule has 0 spiro atoms. The zero-order chi connectivity index (χ0) is 14.5. The second-order valence-electron chi connectivity index (χ2n) is 3.92.